The maximum Gasteiger partial charge on any atom is 0.415 e. The highest BCUT2D eigenvalue weighted by atomic mass is 32.2. The molecule has 1 rings (SSSR count). The van der Waals surface area contributed by atoms with Crippen LogP contribution in [0.3, 0.4) is 0 Å². The van der Waals surface area contributed by atoms with E-state index in [0.717, 1.165) is 5.56 Å². The number of hydrogen-bond acceptors (Lipinski definition) is 3. The molecule has 0 aromatic heterocycles. The van der Waals surface area contributed by atoms with Crippen molar-refractivity contribution in [2.45, 2.75) is 37.9 Å². The molecule has 0 saturated carbocycles. The van der Waals surface area contributed by atoms with Crippen molar-refractivity contribution in [3.8, 4) is 0 Å². The highest BCUT2D eigenvalue weighted by molar-refractivity contribution is 7.89. The van der Waals surface area contributed by atoms with Crippen molar-refractivity contribution in [2.75, 3.05) is 6.54 Å². The van der Waals surface area contributed by atoms with Gasteiger partial charge in [0.2, 0.25) is 10.0 Å². The van der Waals surface area contributed by atoms with Crippen molar-refractivity contribution in [3.63, 3.8) is 0 Å². The molecule has 2 N–H and O–H groups in total. The van der Waals surface area contributed by atoms with Crippen molar-refractivity contribution < 1.29 is 26.7 Å². The predicted molar refractivity (Wildman–Crippen MR) is 67.9 cm³/mol. The lowest BCUT2D eigenvalue weighted by atomic mass is 10.1. The molecule has 1 aromatic rings. The van der Waals surface area contributed by atoms with E-state index in [1.807, 2.05) is 0 Å². The molecule has 0 radical (unpaired) electrons. The summed E-state index contributed by atoms with van der Waals surface area (Å²) in [5.41, 5.74) is 1.74. The Labute approximate surface area is 115 Å². The average molecular weight is 311 g/mol. The number of aliphatic hydroxyl groups is 1. The van der Waals surface area contributed by atoms with E-state index in [1.165, 1.54) is 0 Å². The summed E-state index contributed by atoms with van der Waals surface area (Å²) >= 11 is 0. The molecule has 1 atom stereocenters. The summed E-state index contributed by atoms with van der Waals surface area (Å²) in [4.78, 5) is -0.0579. The second-order valence-electron chi connectivity index (χ2n) is 4.64. The van der Waals surface area contributed by atoms with Gasteiger partial charge in [0.05, 0.1) is 4.90 Å². The fraction of sp³-hybridized carbons (Fsp3) is 0.500. The van der Waals surface area contributed by atoms with Gasteiger partial charge in [-0.25, -0.2) is 13.1 Å². The third-order valence-electron chi connectivity index (χ3n) is 2.72. The number of nitrogens with one attached hydrogen (secondary N) is 1. The van der Waals surface area contributed by atoms with Gasteiger partial charge >= 0.3 is 6.18 Å². The number of hydrogen-bond donors (Lipinski definition) is 2. The summed E-state index contributed by atoms with van der Waals surface area (Å²) in [5.74, 6) is 0. The first-order chi connectivity index (χ1) is 8.95. The fourth-order valence-corrected chi connectivity index (χ4v) is 3.45. The van der Waals surface area contributed by atoms with Crippen LogP contribution in [0.2, 0.25) is 0 Å². The van der Waals surface area contributed by atoms with Crippen LogP contribution in [0.4, 0.5) is 13.2 Å². The Morgan fingerprint density at radius 2 is 1.65 bits per heavy atom. The van der Waals surface area contributed by atoms with Crippen molar-refractivity contribution in [2.24, 2.45) is 0 Å². The van der Waals surface area contributed by atoms with Crippen LogP contribution >= 0.6 is 0 Å². The van der Waals surface area contributed by atoms with Gasteiger partial charge in [0.1, 0.15) is 0 Å². The van der Waals surface area contributed by atoms with Gasteiger partial charge in [0.25, 0.3) is 0 Å². The quantitative estimate of drug-likeness (QED) is 0.891. The number of alkyl halides is 3. The van der Waals surface area contributed by atoms with Crippen LogP contribution < -0.4 is 4.72 Å². The van der Waals surface area contributed by atoms with Gasteiger partial charge in [0, 0.05) is 6.54 Å². The topological polar surface area (TPSA) is 66.4 Å². The largest absolute Gasteiger partial charge is 0.415 e. The van der Waals surface area contributed by atoms with E-state index in [1.54, 1.807) is 37.6 Å². The van der Waals surface area contributed by atoms with Gasteiger partial charge in [-0.1, -0.05) is 17.7 Å². The lowest BCUT2D eigenvalue weighted by Gasteiger charge is -2.17. The molecular formula is C12H16F3NO3S. The molecule has 0 aliphatic heterocycles. The lowest BCUT2D eigenvalue weighted by molar-refractivity contribution is -0.200. The molecule has 20 heavy (non-hydrogen) atoms. The van der Waals surface area contributed by atoms with Gasteiger partial charge in [-0.15, -0.1) is 0 Å². The van der Waals surface area contributed by atoms with E-state index < -0.39 is 28.8 Å². The second-order valence-corrected chi connectivity index (χ2v) is 6.34. The van der Waals surface area contributed by atoms with Gasteiger partial charge in [0.15, 0.2) is 6.10 Å². The summed E-state index contributed by atoms with van der Waals surface area (Å²) in [6.45, 7) is 3.80. The summed E-state index contributed by atoms with van der Waals surface area (Å²) < 4.78 is 62.3. The lowest BCUT2D eigenvalue weighted by Crippen LogP contribution is -2.40. The molecule has 0 heterocycles. The van der Waals surface area contributed by atoms with E-state index in [-0.39, 0.29) is 4.90 Å². The second kappa shape index (κ2) is 5.71. The molecule has 0 amide bonds. The Bertz CT molecular complexity index is 573. The normalized spacial score (nSPS) is 14.3. The zero-order chi connectivity index (χ0) is 15.7. The van der Waals surface area contributed by atoms with Crippen LogP contribution in [0, 0.1) is 20.8 Å². The molecule has 114 valence electrons. The van der Waals surface area contributed by atoms with Crippen molar-refractivity contribution in [1.82, 2.24) is 4.72 Å². The van der Waals surface area contributed by atoms with E-state index in [0.29, 0.717) is 11.1 Å². The molecule has 0 saturated heterocycles. The van der Waals surface area contributed by atoms with Crippen LogP contribution in [0.15, 0.2) is 17.0 Å². The minimum Gasteiger partial charge on any atom is -0.382 e. The fourth-order valence-electron chi connectivity index (χ4n) is 1.97. The first-order valence-electron chi connectivity index (χ1n) is 5.77. The zero-order valence-electron chi connectivity index (χ0n) is 11.2. The monoisotopic (exact) mass is 311 g/mol. The molecule has 1 aromatic carbocycles. The molecule has 0 spiro atoms. The summed E-state index contributed by atoms with van der Waals surface area (Å²) in [5, 5.41) is 8.83. The van der Waals surface area contributed by atoms with Gasteiger partial charge in [-0.05, 0) is 31.9 Å². The maximum atomic E-state index is 12.2. The Morgan fingerprint density at radius 1 is 1.20 bits per heavy atom. The molecule has 0 aliphatic carbocycles. The van der Waals surface area contributed by atoms with Crippen LogP contribution in [0.1, 0.15) is 16.7 Å². The highest BCUT2D eigenvalue weighted by Crippen LogP contribution is 2.23. The Kier molecular flexibility index (Phi) is 4.83. The smallest absolute Gasteiger partial charge is 0.382 e. The molecule has 0 bridgehead atoms. The number of rotatable bonds is 4. The third-order valence-corrected chi connectivity index (χ3v) is 4.45. The summed E-state index contributed by atoms with van der Waals surface area (Å²) in [7, 11) is -4.10. The van der Waals surface area contributed by atoms with Crippen LogP contribution in [-0.2, 0) is 10.0 Å². The zero-order valence-corrected chi connectivity index (χ0v) is 12.1. The molecule has 0 fully saturated rings. The van der Waals surface area contributed by atoms with Gasteiger partial charge in [-0.3, -0.25) is 0 Å². The minimum atomic E-state index is -4.86. The molecule has 8 heteroatoms. The Morgan fingerprint density at radius 3 is 2.05 bits per heavy atom. The minimum absolute atomic E-state index is 0.0579. The summed E-state index contributed by atoms with van der Waals surface area (Å²) in [6, 6.07) is 3.25. The number of sulfonamides is 1. The predicted octanol–water partition coefficient (Wildman–Crippen LogP) is 1.81. The SMILES string of the molecule is Cc1cc(C)c(S(=O)(=O)NCC(O)C(F)(F)F)c(C)c1. The standard InChI is InChI=1S/C12H16F3NO3S/c1-7-4-8(2)11(9(3)5-7)20(18,19)16-6-10(17)12(13,14)15/h4-5,10,16-17H,6H2,1-3H3. The summed E-state index contributed by atoms with van der Waals surface area (Å²) in [6.07, 6.45) is -7.59. The van der Waals surface area contributed by atoms with Crippen LogP contribution in [0.25, 0.3) is 0 Å². The van der Waals surface area contributed by atoms with Crippen molar-refractivity contribution >= 4 is 10.0 Å². The number of aryl methyl sites for hydroxylation is 3. The average Bonchev–Trinajstić information content (AvgIpc) is 2.22. The van der Waals surface area contributed by atoms with E-state index >= 15 is 0 Å². The first-order valence-corrected chi connectivity index (χ1v) is 7.26. The van der Waals surface area contributed by atoms with Crippen molar-refractivity contribution in [1.29, 1.82) is 0 Å². The molecular weight excluding hydrogens is 295 g/mol. The molecule has 1 unspecified atom stereocenters. The number of aliphatic hydroxyl groups excluding tert-OH is 1. The van der Waals surface area contributed by atoms with Gasteiger partial charge < -0.3 is 5.11 Å². The van der Waals surface area contributed by atoms with Crippen LogP contribution in [0.5, 0.6) is 0 Å². The third kappa shape index (κ3) is 3.94. The van der Waals surface area contributed by atoms with Gasteiger partial charge in [-0.2, -0.15) is 13.2 Å². The molecule has 4 nitrogen and oxygen atoms in total. The Hall–Kier alpha value is -1.12. The first kappa shape index (κ1) is 16.9. The highest BCUT2D eigenvalue weighted by Gasteiger charge is 2.38. The van der Waals surface area contributed by atoms with E-state index in [9.17, 15) is 21.6 Å². The van der Waals surface area contributed by atoms with Crippen LogP contribution in [-0.4, -0.2) is 32.3 Å². The Balaban J connectivity index is 3.02. The molecule has 0 aliphatic rings. The maximum absolute atomic E-state index is 12.2. The number of halogens is 3. The van der Waals surface area contributed by atoms with E-state index in [2.05, 4.69) is 0 Å². The van der Waals surface area contributed by atoms with Crippen molar-refractivity contribution in [3.05, 3.63) is 28.8 Å². The number of benzene rings is 1. The van der Waals surface area contributed by atoms with E-state index in [4.69, 9.17) is 5.11 Å².